The number of nitrogens with zero attached hydrogens (tertiary/aromatic N) is 1. The van der Waals surface area contributed by atoms with Gasteiger partial charge in [-0.3, -0.25) is 9.79 Å². The maximum Gasteiger partial charge on any atom is 0.222 e. The van der Waals surface area contributed by atoms with Crippen LogP contribution in [0.5, 0.6) is 0 Å². The Bertz CT molecular complexity index is 288. The fourth-order valence-corrected chi connectivity index (χ4v) is 2.06. The Morgan fingerprint density at radius 2 is 1.95 bits per heavy atom. The molecule has 1 fully saturated rings. The number of hydrogen-bond donors (Lipinski definition) is 3. The second kappa shape index (κ2) is 10.3. The fraction of sp³-hybridized carbons (Fsp3) is 0.846. The minimum atomic E-state index is 0. The third kappa shape index (κ3) is 8.28. The Morgan fingerprint density at radius 1 is 1.32 bits per heavy atom. The third-order valence-electron chi connectivity index (χ3n) is 3.17. The topological polar surface area (TPSA) is 79.5 Å². The first-order chi connectivity index (χ1) is 8.59. The highest BCUT2D eigenvalue weighted by molar-refractivity contribution is 14.0. The van der Waals surface area contributed by atoms with Crippen LogP contribution in [-0.4, -0.2) is 31.0 Å². The van der Waals surface area contributed by atoms with E-state index in [1.54, 1.807) is 0 Å². The van der Waals surface area contributed by atoms with Crippen LogP contribution in [0, 0.1) is 5.92 Å². The lowest BCUT2D eigenvalue weighted by molar-refractivity contribution is -0.123. The molecule has 5 nitrogen and oxygen atoms in total. The molecule has 0 aromatic rings. The summed E-state index contributed by atoms with van der Waals surface area (Å²) >= 11 is 0. The molecular weight excluding hydrogens is 355 g/mol. The van der Waals surface area contributed by atoms with Crippen molar-refractivity contribution in [3.8, 4) is 0 Å². The highest BCUT2D eigenvalue weighted by Crippen LogP contribution is 2.16. The molecule has 1 aliphatic rings. The van der Waals surface area contributed by atoms with Gasteiger partial charge in [-0.25, -0.2) is 0 Å². The first-order valence-electron chi connectivity index (χ1n) is 6.93. The molecule has 0 heterocycles. The molecule has 1 saturated carbocycles. The minimum Gasteiger partial charge on any atom is -0.370 e. The van der Waals surface area contributed by atoms with Crippen LogP contribution in [0.1, 0.15) is 46.0 Å². The van der Waals surface area contributed by atoms with Gasteiger partial charge >= 0.3 is 0 Å². The largest absolute Gasteiger partial charge is 0.370 e. The Morgan fingerprint density at radius 3 is 2.53 bits per heavy atom. The van der Waals surface area contributed by atoms with Crippen molar-refractivity contribution in [1.29, 1.82) is 0 Å². The summed E-state index contributed by atoms with van der Waals surface area (Å²) in [6, 6.07) is 0.479. The summed E-state index contributed by atoms with van der Waals surface area (Å²) in [5.74, 6) is 0.580. The zero-order valence-corrected chi connectivity index (χ0v) is 14.3. The van der Waals surface area contributed by atoms with Crippen molar-refractivity contribution < 1.29 is 4.79 Å². The molecule has 6 heteroatoms. The number of nitrogens with one attached hydrogen (secondary N) is 2. The van der Waals surface area contributed by atoms with Crippen molar-refractivity contribution in [2.75, 3.05) is 13.1 Å². The van der Waals surface area contributed by atoms with Gasteiger partial charge in [-0.2, -0.15) is 0 Å². The first kappa shape index (κ1) is 18.5. The summed E-state index contributed by atoms with van der Waals surface area (Å²) in [4.78, 5) is 15.5. The van der Waals surface area contributed by atoms with Gasteiger partial charge in [0.05, 0.1) is 6.54 Å². The van der Waals surface area contributed by atoms with Gasteiger partial charge in [0.25, 0.3) is 0 Å². The fourth-order valence-electron chi connectivity index (χ4n) is 2.06. The summed E-state index contributed by atoms with van der Waals surface area (Å²) in [6.45, 7) is 4.82. The standard InChI is InChI=1S/C13H26N4O.HI/c1-10(2)12(18)15-8-9-16-13(14)17-11-6-4-3-5-7-11;/h10-11H,3-9H2,1-2H3,(H,15,18)(H3,14,16,17);1H. The van der Waals surface area contributed by atoms with Crippen LogP contribution >= 0.6 is 24.0 Å². The molecule has 19 heavy (non-hydrogen) atoms. The maximum absolute atomic E-state index is 11.3. The highest BCUT2D eigenvalue weighted by Gasteiger charge is 2.13. The Hall–Kier alpha value is -0.530. The molecule has 1 aliphatic carbocycles. The number of carbonyl (C=O) groups excluding carboxylic acids is 1. The molecule has 0 unspecified atom stereocenters. The van der Waals surface area contributed by atoms with Crippen LogP contribution in [0.25, 0.3) is 0 Å². The zero-order chi connectivity index (χ0) is 13.4. The van der Waals surface area contributed by atoms with Crippen LogP contribution in [0.3, 0.4) is 0 Å². The molecule has 1 rings (SSSR count). The molecule has 112 valence electrons. The average Bonchev–Trinajstić information content (AvgIpc) is 2.35. The molecule has 0 bridgehead atoms. The van der Waals surface area contributed by atoms with Crippen molar-refractivity contribution in [1.82, 2.24) is 10.6 Å². The highest BCUT2D eigenvalue weighted by atomic mass is 127. The van der Waals surface area contributed by atoms with Crippen molar-refractivity contribution in [2.24, 2.45) is 16.6 Å². The number of halogens is 1. The summed E-state index contributed by atoms with van der Waals surface area (Å²) in [6.07, 6.45) is 6.24. The lowest BCUT2D eigenvalue weighted by Gasteiger charge is -2.23. The number of carbonyl (C=O) groups is 1. The van der Waals surface area contributed by atoms with Crippen LogP contribution in [0.2, 0.25) is 0 Å². The van der Waals surface area contributed by atoms with E-state index in [0.29, 0.717) is 25.1 Å². The molecule has 0 aromatic carbocycles. The van der Waals surface area contributed by atoms with E-state index < -0.39 is 0 Å². The lowest BCUT2D eigenvalue weighted by atomic mass is 9.96. The predicted molar refractivity (Wildman–Crippen MR) is 89.8 cm³/mol. The summed E-state index contributed by atoms with van der Waals surface area (Å²) in [7, 11) is 0. The van der Waals surface area contributed by atoms with E-state index in [9.17, 15) is 4.79 Å². The Kier molecular flexibility index (Phi) is 9.99. The van der Waals surface area contributed by atoms with Crippen molar-refractivity contribution >= 4 is 35.8 Å². The quantitative estimate of drug-likeness (QED) is 0.293. The lowest BCUT2D eigenvalue weighted by Crippen LogP contribution is -2.41. The predicted octanol–water partition coefficient (Wildman–Crippen LogP) is 1.61. The van der Waals surface area contributed by atoms with E-state index in [1.807, 2.05) is 13.8 Å². The smallest absolute Gasteiger partial charge is 0.222 e. The number of aliphatic imine (C=N–C) groups is 1. The van der Waals surface area contributed by atoms with Gasteiger partial charge in [0.1, 0.15) is 0 Å². The molecule has 4 N–H and O–H groups in total. The molecule has 0 atom stereocenters. The Balaban J connectivity index is 0.00000324. The third-order valence-corrected chi connectivity index (χ3v) is 3.17. The van der Waals surface area contributed by atoms with Gasteiger partial charge in [0.2, 0.25) is 5.91 Å². The summed E-state index contributed by atoms with van der Waals surface area (Å²) < 4.78 is 0. The molecule has 0 radical (unpaired) electrons. The molecule has 1 amide bonds. The summed E-state index contributed by atoms with van der Waals surface area (Å²) in [5.41, 5.74) is 5.81. The molecular formula is C13H27IN4O. The van der Waals surface area contributed by atoms with Crippen molar-refractivity contribution in [3.05, 3.63) is 0 Å². The summed E-state index contributed by atoms with van der Waals surface area (Å²) in [5, 5.41) is 6.06. The molecule has 0 aliphatic heterocycles. The van der Waals surface area contributed by atoms with E-state index in [4.69, 9.17) is 5.73 Å². The van der Waals surface area contributed by atoms with Gasteiger partial charge in [-0.15, -0.1) is 24.0 Å². The van der Waals surface area contributed by atoms with Gasteiger partial charge in [-0.1, -0.05) is 33.1 Å². The monoisotopic (exact) mass is 382 g/mol. The van der Waals surface area contributed by atoms with Gasteiger partial charge in [0, 0.05) is 18.5 Å². The van der Waals surface area contributed by atoms with Crippen molar-refractivity contribution in [2.45, 2.75) is 52.0 Å². The van der Waals surface area contributed by atoms with E-state index in [1.165, 1.54) is 32.1 Å². The van der Waals surface area contributed by atoms with Crippen LogP contribution < -0.4 is 16.4 Å². The first-order valence-corrected chi connectivity index (χ1v) is 6.93. The maximum atomic E-state index is 11.3. The van der Waals surface area contributed by atoms with Gasteiger partial charge in [0.15, 0.2) is 5.96 Å². The molecule has 0 saturated heterocycles. The number of amides is 1. The van der Waals surface area contributed by atoms with Gasteiger partial charge in [-0.05, 0) is 12.8 Å². The van der Waals surface area contributed by atoms with Crippen molar-refractivity contribution in [3.63, 3.8) is 0 Å². The van der Waals surface area contributed by atoms with E-state index in [0.717, 1.165) is 0 Å². The van der Waals surface area contributed by atoms with E-state index >= 15 is 0 Å². The minimum absolute atomic E-state index is 0. The number of rotatable bonds is 5. The van der Waals surface area contributed by atoms with E-state index in [2.05, 4.69) is 15.6 Å². The number of hydrogen-bond acceptors (Lipinski definition) is 2. The van der Waals surface area contributed by atoms with Gasteiger partial charge < -0.3 is 16.4 Å². The molecule has 0 spiro atoms. The van der Waals surface area contributed by atoms with Crippen LogP contribution in [0.4, 0.5) is 0 Å². The second-order valence-corrected chi connectivity index (χ2v) is 5.19. The van der Waals surface area contributed by atoms with Crippen LogP contribution in [-0.2, 0) is 4.79 Å². The molecule has 0 aromatic heterocycles. The van der Waals surface area contributed by atoms with E-state index in [-0.39, 0.29) is 35.8 Å². The Labute approximate surface area is 133 Å². The number of nitrogens with two attached hydrogens (primary N) is 1. The average molecular weight is 382 g/mol. The second-order valence-electron chi connectivity index (χ2n) is 5.19. The van der Waals surface area contributed by atoms with Crippen LogP contribution in [0.15, 0.2) is 4.99 Å². The number of guanidine groups is 1. The zero-order valence-electron chi connectivity index (χ0n) is 11.9. The normalized spacial score (nSPS) is 16.9. The SMILES string of the molecule is CC(C)C(=O)NCCN=C(N)NC1CCCCC1.I.